The normalized spacial score (nSPS) is 11.0. The van der Waals surface area contributed by atoms with E-state index in [2.05, 4.69) is 10.5 Å². The number of carbonyl (C=O) groups is 1. The average molecular weight is 131 g/mol. The highest BCUT2D eigenvalue weighted by Gasteiger charge is 1.90. The van der Waals surface area contributed by atoms with Crippen LogP contribution in [0.4, 0.5) is 4.79 Å². The van der Waals surface area contributed by atoms with Crippen LogP contribution in [0.1, 0.15) is 13.3 Å². The van der Waals surface area contributed by atoms with Crippen molar-refractivity contribution >= 4 is 6.09 Å². The highest BCUT2D eigenvalue weighted by atomic mass is 16.5. The summed E-state index contributed by atoms with van der Waals surface area (Å²) in [5.74, 6) is -0.00574. The molecule has 0 aromatic rings. The van der Waals surface area contributed by atoms with Gasteiger partial charge < -0.3 is 15.6 Å². The Hall–Kier alpha value is -1.19. The first-order valence-corrected chi connectivity index (χ1v) is 2.51. The Labute approximate surface area is 52.9 Å². The van der Waals surface area contributed by atoms with Crippen LogP contribution >= 0.6 is 0 Å². The Morgan fingerprint density at radius 3 is 2.78 bits per heavy atom. The summed E-state index contributed by atoms with van der Waals surface area (Å²) in [7, 11) is 0. The number of hydrogen-bond acceptors (Lipinski definition) is 3. The zero-order valence-electron chi connectivity index (χ0n) is 5.13. The van der Waals surface area contributed by atoms with E-state index in [9.17, 15) is 4.79 Å². The number of primary amides is 1. The summed E-state index contributed by atoms with van der Waals surface area (Å²) in [4.78, 5) is 9.86. The summed E-state index contributed by atoms with van der Waals surface area (Å²) in [6.45, 7) is 1.72. The average Bonchev–Trinajstić information content (AvgIpc) is 1.83. The van der Waals surface area contributed by atoms with Crippen molar-refractivity contribution in [3.63, 3.8) is 0 Å². The van der Waals surface area contributed by atoms with Gasteiger partial charge in [-0.25, -0.2) is 4.79 Å². The van der Waals surface area contributed by atoms with E-state index in [1.165, 1.54) is 0 Å². The van der Waals surface area contributed by atoms with Gasteiger partial charge in [-0.05, 0) is 0 Å². The van der Waals surface area contributed by atoms with Crippen LogP contribution in [0.25, 0.3) is 0 Å². The number of ether oxygens (including phenoxy) is 1. The van der Waals surface area contributed by atoms with Crippen molar-refractivity contribution in [2.45, 2.75) is 13.3 Å². The number of nitrogens with two attached hydrogens (primary N) is 1. The molecule has 0 aromatic heterocycles. The van der Waals surface area contributed by atoms with Gasteiger partial charge in [-0.2, -0.15) is 0 Å². The van der Waals surface area contributed by atoms with Crippen LogP contribution in [-0.4, -0.2) is 11.2 Å². The van der Waals surface area contributed by atoms with Gasteiger partial charge in [-0.1, -0.05) is 6.92 Å². The molecule has 52 valence electrons. The van der Waals surface area contributed by atoms with E-state index in [0.29, 0.717) is 6.42 Å². The maximum atomic E-state index is 9.86. The van der Waals surface area contributed by atoms with Gasteiger partial charge in [0, 0.05) is 6.42 Å². The summed E-state index contributed by atoms with van der Waals surface area (Å²) in [5, 5.41) is 8.64. The number of aliphatic hydroxyl groups excluding tert-OH is 1. The molecule has 4 heteroatoms. The maximum absolute atomic E-state index is 9.86. The molecule has 0 atom stereocenters. The second-order valence-corrected chi connectivity index (χ2v) is 1.40. The fourth-order valence-electron chi connectivity index (χ4n) is 0.209. The first-order chi connectivity index (χ1) is 4.16. The topological polar surface area (TPSA) is 72.6 Å². The van der Waals surface area contributed by atoms with Gasteiger partial charge in [0.05, 0.1) is 0 Å². The zero-order valence-corrected chi connectivity index (χ0v) is 5.13. The van der Waals surface area contributed by atoms with Gasteiger partial charge in [0.2, 0.25) is 0 Å². The lowest BCUT2D eigenvalue weighted by atomic mass is 10.4. The summed E-state index contributed by atoms with van der Waals surface area (Å²) in [6.07, 6.45) is 0.422. The summed E-state index contributed by atoms with van der Waals surface area (Å²) in [5.41, 5.74) is 4.58. The molecule has 0 saturated heterocycles. The van der Waals surface area contributed by atoms with Crippen molar-refractivity contribution in [2.75, 3.05) is 0 Å². The summed E-state index contributed by atoms with van der Waals surface area (Å²) >= 11 is 0. The van der Waals surface area contributed by atoms with Gasteiger partial charge in [0.25, 0.3) is 0 Å². The van der Waals surface area contributed by atoms with E-state index in [-0.39, 0.29) is 5.76 Å². The molecule has 0 aliphatic carbocycles. The molecule has 3 N–H and O–H groups in total. The highest BCUT2D eigenvalue weighted by molar-refractivity contribution is 5.65. The predicted molar refractivity (Wildman–Crippen MR) is 31.7 cm³/mol. The molecule has 0 saturated carbocycles. The van der Waals surface area contributed by atoms with Crippen molar-refractivity contribution < 1.29 is 14.6 Å². The molecule has 0 radical (unpaired) electrons. The molecule has 0 spiro atoms. The molecule has 9 heavy (non-hydrogen) atoms. The smallest absolute Gasteiger partial charge is 0.409 e. The van der Waals surface area contributed by atoms with Crippen LogP contribution < -0.4 is 5.73 Å². The molecular weight excluding hydrogens is 122 g/mol. The standard InChI is InChI=1S/C5H9NO3/c1-2-4(7)3-9-5(6)8/h3,7H,2H2,1H3,(H2,6,8)/b4-3+. The number of rotatable bonds is 2. The molecule has 0 rings (SSSR count). The van der Waals surface area contributed by atoms with Gasteiger partial charge in [-0.15, -0.1) is 0 Å². The quantitative estimate of drug-likeness (QED) is 0.546. The molecule has 0 unspecified atom stereocenters. The van der Waals surface area contributed by atoms with Crippen LogP contribution in [0, 0.1) is 0 Å². The Balaban J connectivity index is 3.56. The Bertz CT molecular complexity index is 130. The van der Waals surface area contributed by atoms with Crippen molar-refractivity contribution in [1.29, 1.82) is 0 Å². The van der Waals surface area contributed by atoms with E-state index in [4.69, 9.17) is 5.11 Å². The third kappa shape index (κ3) is 4.67. The lowest BCUT2D eigenvalue weighted by Crippen LogP contribution is -2.09. The van der Waals surface area contributed by atoms with Gasteiger partial charge >= 0.3 is 6.09 Å². The summed E-state index contributed by atoms with van der Waals surface area (Å²) in [6, 6.07) is 0. The van der Waals surface area contributed by atoms with Crippen LogP contribution in [0.2, 0.25) is 0 Å². The number of hydrogen-bond donors (Lipinski definition) is 2. The van der Waals surface area contributed by atoms with Gasteiger partial charge in [0.1, 0.15) is 12.0 Å². The highest BCUT2D eigenvalue weighted by Crippen LogP contribution is 1.93. The summed E-state index contributed by atoms with van der Waals surface area (Å²) < 4.78 is 4.12. The van der Waals surface area contributed by atoms with E-state index < -0.39 is 6.09 Å². The number of carbonyl (C=O) groups excluding carboxylic acids is 1. The Kier molecular flexibility index (Phi) is 3.27. The number of allylic oxidation sites excluding steroid dienone is 1. The third-order valence-corrected chi connectivity index (χ3v) is 0.673. The van der Waals surface area contributed by atoms with Crippen LogP contribution in [0.5, 0.6) is 0 Å². The monoisotopic (exact) mass is 131 g/mol. The predicted octanol–water partition coefficient (Wildman–Crippen LogP) is 0.891. The van der Waals surface area contributed by atoms with E-state index >= 15 is 0 Å². The van der Waals surface area contributed by atoms with Crippen LogP contribution in [0.3, 0.4) is 0 Å². The second-order valence-electron chi connectivity index (χ2n) is 1.40. The lowest BCUT2D eigenvalue weighted by Gasteiger charge is -1.92. The second kappa shape index (κ2) is 3.77. The molecule has 0 aliphatic rings. The minimum Gasteiger partial charge on any atom is -0.509 e. The molecule has 0 bridgehead atoms. The van der Waals surface area contributed by atoms with Crippen LogP contribution in [0.15, 0.2) is 12.0 Å². The van der Waals surface area contributed by atoms with Crippen molar-refractivity contribution in [3.05, 3.63) is 12.0 Å². The molecule has 0 aliphatic heterocycles. The fraction of sp³-hybridized carbons (Fsp3) is 0.400. The minimum absolute atomic E-state index is 0.00574. The Morgan fingerprint density at radius 2 is 2.44 bits per heavy atom. The van der Waals surface area contributed by atoms with E-state index in [1.807, 2.05) is 0 Å². The molecular formula is C5H9NO3. The largest absolute Gasteiger partial charge is 0.509 e. The SMILES string of the molecule is CC/C(O)=C\OC(N)=O. The molecule has 4 nitrogen and oxygen atoms in total. The van der Waals surface area contributed by atoms with Crippen molar-refractivity contribution in [1.82, 2.24) is 0 Å². The number of aliphatic hydroxyl groups is 1. The van der Waals surface area contributed by atoms with E-state index in [1.54, 1.807) is 6.92 Å². The molecule has 0 heterocycles. The van der Waals surface area contributed by atoms with Crippen molar-refractivity contribution in [2.24, 2.45) is 5.73 Å². The first-order valence-electron chi connectivity index (χ1n) is 2.51. The van der Waals surface area contributed by atoms with Gasteiger partial charge in [-0.3, -0.25) is 0 Å². The zero-order chi connectivity index (χ0) is 7.28. The fourth-order valence-corrected chi connectivity index (χ4v) is 0.209. The number of amides is 1. The van der Waals surface area contributed by atoms with Crippen molar-refractivity contribution in [3.8, 4) is 0 Å². The van der Waals surface area contributed by atoms with E-state index in [0.717, 1.165) is 6.26 Å². The molecule has 1 amide bonds. The minimum atomic E-state index is -0.921. The maximum Gasteiger partial charge on any atom is 0.409 e. The third-order valence-electron chi connectivity index (χ3n) is 0.673. The Morgan fingerprint density at radius 1 is 1.89 bits per heavy atom. The first kappa shape index (κ1) is 7.81. The molecule has 0 fully saturated rings. The van der Waals surface area contributed by atoms with Gasteiger partial charge in [0.15, 0.2) is 0 Å². The molecule has 0 aromatic carbocycles. The van der Waals surface area contributed by atoms with Crippen LogP contribution in [-0.2, 0) is 4.74 Å². The lowest BCUT2D eigenvalue weighted by molar-refractivity contribution is 0.191.